The summed E-state index contributed by atoms with van der Waals surface area (Å²) in [5, 5.41) is 3.26. The molecule has 4 heteroatoms. The average molecular weight is 292 g/mol. The summed E-state index contributed by atoms with van der Waals surface area (Å²) in [7, 11) is 0. The smallest absolute Gasteiger partial charge is 0.132 e. The van der Waals surface area contributed by atoms with E-state index in [1.165, 1.54) is 0 Å². The Labute approximate surface area is 109 Å². The minimum Gasteiger partial charge on any atom is -0.398 e. The van der Waals surface area contributed by atoms with E-state index >= 15 is 0 Å². The Morgan fingerprint density at radius 2 is 2.06 bits per heavy atom. The van der Waals surface area contributed by atoms with Gasteiger partial charge in [0, 0.05) is 28.1 Å². The molecule has 0 fully saturated rings. The highest BCUT2D eigenvalue weighted by molar-refractivity contribution is 9.10. The van der Waals surface area contributed by atoms with Crippen LogP contribution in [0.2, 0.25) is 0 Å². The molecule has 0 atom stereocenters. The molecule has 0 bridgehead atoms. The molecule has 17 heavy (non-hydrogen) atoms. The SMILES string of the molecule is Cc1cnc(Nc2cccc(Br)c2C)cc1N. The van der Waals surface area contributed by atoms with E-state index in [-0.39, 0.29) is 0 Å². The van der Waals surface area contributed by atoms with Crippen LogP contribution in [0, 0.1) is 13.8 Å². The van der Waals surface area contributed by atoms with Crippen LogP contribution in [0.25, 0.3) is 0 Å². The van der Waals surface area contributed by atoms with Crippen molar-refractivity contribution in [2.75, 3.05) is 11.1 Å². The lowest BCUT2D eigenvalue weighted by Gasteiger charge is -2.11. The second-order valence-corrected chi connectivity index (χ2v) is 4.82. The number of hydrogen-bond donors (Lipinski definition) is 2. The zero-order valence-electron chi connectivity index (χ0n) is 9.79. The van der Waals surface area contributed by atoms with Crippen LogP contribution >= 0.6 is 15.9 Å². The third-order valence-corrected chi connectivity index (χ3v) is 3.53. The molecule has 0 radical (unpaired) electrons. The highest BCUT2D eigenvalue weighted by Crippen LogP contribution is 2.26. The maximum atomic E-state index is 5.85. The first kappa shape index (κ1) is 11.9. The van der Waals surface area contributed by atoms with Crippen molar-refractivity contribution in [3.05, 3.63) is 46.1 Å². The van der Waals surface area contributed by atoms with Gasteiger partial charge in [0.25, 0.3) is 0 Å². The van der Waals surface area contributed by atoms with E-state index in [9.17, 15) is 0 Å². The van der Waals surface area contributed by atoms with E-state index in [0.717, 1.165) is 32.8 Å². The number of benzene rings is 1. The van der Waals surface area contributed by atoms with Crippen LogP contribution in [-0.4, -0.2) is 4.98 Å². The monoisotopic (exact) mass is 291 g/mol. The summed E-state index contributed by atoms with van der Waals surface area (Å²) in [6, 6.07) is 7.85. The largest absolute Gasteiger partial charge is 0.398 e. The normalized spacial score (nSPS) is 10.3. The summed E-state index contributed by atoms with van der Waals surface area (Å²) in [5.74, 6) is 0.759. The minimum atomic E-state index is 0.746. The first-order chi connectivity index (χ1) is 8.08. The summed E-state index contributed by atoms with van der Waals surface area (Å²) >= 11 is 3.50. The molecule has 2 rings (SSSR count). The molecule has 1 aromatic carbocycles. The number of aryl methyl sites for hydroxylation is 1. The van der Waals surface area contributed by atoms with E-state index in [0.29, 0.717) is 0 Å². The van der Waals surface area contributed by atoms with E-state index in [1.54, 1.807) is 6.20 Å². The summed E-state index contributed by atoms with van der Waals surface area (Å²) < 4.78 is 1.07. The number of halogens is 1. The number of nitrogens with zero attached hydrogens (tertiary/aromatic N) is 1. The molecule has 0 aliphatic carbocycles. The lowest BCUT2D eigenvalue weighted by atomic mass is 10.2. The van der Waals surface area contributed by atoms with Crippen molar-refractivity contribution < 1.29 is 0 Å². The van der Waals surface area contributed by atoms with Gasteiger partial charge in [0.15, 0.2) is 0 Å². The highest BCUT2D eigenvalue weighted by atomic mass is 79.9. The van der Waals surface area contributed by atoms with Crippen molar-refractivity contribution >= 4 is 33.1 Å². The Kier molecular flexibility index (Phi) is 3.33. The molecule has 0 aliphatic heterocycles. The molecule has 1 aromatic heterocycles. The Hall–Kier alpha value is -1.55. The molecular formula is C13H14BrN3. The molecular weight excluding hydrogens is 278 g/mol. The number of nitrogen functional groups attached to an aromatic ring is 1. The number of nitrogens with one attached hydrogen (secondary N) is 1. The van der Waals surface area contributed by atoms with Crippen LogP contribution in [0.5, 0.6) is 0 Å². The fourth-order valence-corrected chi connectivity index (χ4v) is 1.85. The number of aromatic nitrogens is 1. The van der Waals surface area contributed by atoms with Crippen LogP contribution in [-0.2, 0) is 0 Å². The van der Waals surface area contributed by atoms with Gasteiger partial charge in [-0.25, -0.2) is 4.98 Å². The molecule has 0 saturated carbocycles. The van der Waals surface area contributed by atoms with Gasteiger partial charge in [0.05, 0.1) is 0 Å². The zero-order valence-corrected chi connectivity index (χ0v) is 11.4. The first-order valence-corrected chi connectivity index (χ1v) is 6.11. The second kappa shape index (κ2) is 4.75. The fraction of sp³-hybridized carbons (Fsp3) is 0.154. The van der Waals surface area contributed by atoms with Gasteiger partial charge in [-0.15, -0.1) is 0 Å². The summed E-state index contributed by atoms with van der Waals surface area (Å²) in [5.41, 5.74) is 9.76. The maximum absolute atomic E-state index is 5.85. The van der Waals surface area contributed by atoms with Gasteiger partial charge in [0.2, 0.25) is 0 Å². The predicted molar refractivity (Wildman–Crippen MR) is 75.5 cm³/mol. The topological polar surface area (TPSA) is 50.9 Å². The third-order valence-electron chi connectivity index (χ3n) is 2.68. The van der Waals surface area contributed by atoms with Gasteiger partial charge in [-0.3, -0.25) is 0 Å². The van der Waals surface area contributed by atoms with Gasteiger partial charge in [-0.1, -0.05) is 22.0 Å². The molecule has 3 N–H and O–H groups in total. The van der Waals surface area contributed by atoms with Crippen molar-refractivity contribution in [1.82, 2.24) is 4.98 Å². The number of pyridine rings is 1. The molecule has 0 aliphatic rings. The summed E-state index contributed by atoms with van der Waals surface area (Å²) in [6.45, 7) is 3.99. The van der Waals surface area contributed by atoms with Crippen molar-refractivity contribution in [1.29, 1.82) is 0 Å². The number of nitrogens with two attached hydrogens (primary N) is 1. The van der Waals surface area contributed by atoms with Crippen molar-refractivity contribution in [2.24, 2.45) is 0 Å². The van der Waals surface area contributed by atoms with Crippen LogP contribution < -0.4 is 11.1 Å². The van der Waals surface area contributed by atoms with E-state index in [2.05, 4.69) is 26.2 Å². The molecule has 0 unspecified atom stereocenters. The molecule has 2 aromatic rings. The standard InChI is InChI=1S/C13H14BrN3/c1-8-7-16-13(6-11(8)15)17-12-5-3-4-10(14)9(12)2/h3-7H,1-2H3,(H3,15,16,17). The van der Waals surface area contributed by atoms with E-state index < -0.39 is 0 Å². The van der Waals surface area contributed by atoms with Crippen molar-refractivity contribution in [2.45, 2.75) is 13.8 Å². The van der Waals surface area contributed by atoms with Gasteiger partial charge in [-0.05, 0) is 37.1 Å². The van der Waals surface area contributed by atoms with Crippen LogP contribution in [0.4, 0.5) is 17.2 Å². The molecule has 88 valence electrons. The van der Waals surface area contributed by atoms with Crippen LogP contribution in [0.15, 0.2) is 34.9 Å². The van der Waals surface area contributed by atoms with Gasteiger partial charge in [-0.2, -0.15) is 0 Å². The Morgan fingerprint density at radius 3 is 2.76 bits per heavy atom. The van der Waals surface area contributed by atoms with Crippen molar-refractivity contribution in [3.8, 4) is 0 Å². The second-order valence-electron chi connectivity index (χ2n) is 3.96. The highest BCUT2D eigenvalue weighted by Gasteiger charge is 2.03. The Bertz CT molecular complexity index is 552. The summed E-state index contributed by atoms with van der Waals surface area (Å²) in [4.78, 5) is 4.30. The third kappa shape index (κ3) is 2.58. The van der Waals surface area contributed by atoms with Crippen LogP contribution in [0.1, 0.15) is 11.1 Å². The van der Waals surface area contributed by atoms with E-state index in [4.69, 9.17) is 5.73 Å². The lowest BCUT2D eigenvalue weighted by molar-refractivity contribution is 1.25. The van der Waals surface area contributed by atoms with Gasteiger partial charge in [0.1, 0.15) is 5.82 Å². The lowest BCUT2D eigenvalue weighted by Crippen LogP contribution is -1.98. The molecule has 0 spiro atoms. The van der Waals surface area contributed by atoms with Crippen LogP contribution in [0.3, 0.4) is 0 Å². The number of hydrogen-bond acceptors (Lipinski definition) is 3. The quantitative estimate of drug-likeness (QED) is 0.885. The number of rotatable bonds is 2. The number of anilines is 3. The summed E-state index contributed by atoms with van der Waals surface area (Å²) in [6.07, 6.45) is 1.77. The van der Waals surface area contributed by atoms with Gasteiger partial charge < -0.3 is 11.1 Å². The minimum absolute atomic E-state index is 0.746. The molecule has 0 amide bonds. The predicted octanol–water partition coefficient (Wildman–Crippen LogP) is 3.79. The Morgan fingerprint density at radius 1 is 1.29 bits per heavy atom. The van der Waals surface area contributed by atoms with Gasteiger partial charge >= 0.3 is 0 Å². The first-order valence-electron chi connectivity index (χ1n) is 5.32. The molecule has 0 saturated heterocycles. The van der Waals surface area contributed by atoms with Crippen molar-refractivity contribution in [3.63, 3.8) is 0 Å². The van der Waals surface area contributed by atoms with E-state index in [1.807, 2.05) is 38.1 Å². The fourth-order valence-electron chi connectivity index (χ4n) is 1.49. The molecule has 3 nitrogen and oxygen atoms in total. The Balaban J connectivity index is 2.31. The average Bonchev–Trinajstić information content (AvgIpc) is 2.30. The zero-order chi connectivity index (χ0) is 12.4. The molecule has 1 heterocycles. The maximum Gasteiger partial charge on any atom is 0.132 e.